The molecule has 10 heteroatoms. The lowest BCUT2D eigenvalue weighted by Gasteiger charge is -2.36. The zero-order chi connectivity index (χ0) is 25.3. The number of ketones is 1. The van der Waals surface area contributed by atoms with Gasteiger partial charge in [-0.15, -0.1) is 11.6 Å². The summed E-state index contributed by atoms with van der Waals surface area (Å²) in [5, 5.41) is 2.56. The van der Waals surface area contributed by atoms with E-state index in [4.69, 9.17) is 46.4 Å². The number of halogens is 4. The Hall–Kier alpha value is -2.38. The van der Waals surface area contributed by atoms with Crippen LogP contribution in [0.25, 0.3) is 0 Å². The number of carbonyl (C=O) groups is 4. The molecule has 1 heterocycles. The number of allylic oxidation sites excluding steroid dienone is 2. The molecule has 3 atom stereocenters. The maximum atomic E-state index is 13.8. The van der Waals surface area contributed by atoms with Crippen LogP contribution in [0.15, 0.2) is 54.6 Å². The van der Waals surface area contributed by atoms with Gasteiger partial charge in [0.25, 0.3) is 17.7 Å². The first-order valence-corrected chi connectivity index (χ1v) is 12.6. The first-order chi connectivity index (χ1) is 16.7. The number of amides is 3. The van der Waals surface area contributed by atoms with E-state index in [2.05, 4.69) is 0 Å². The average molecular weight is 554 g/mol. The lowest BCUT2D eigenvalue weighted by atomic mass is 9.85. The third kappa shape index (κ3) is 4.98. The van der Waals surface area contributed by atoms with Crippen molar-refractivity contribution in [2.24, 2.45) is 11.8 Å². The molecule has 2 aromatic carbocycles. The van der Waals surface area contributed by atoms with Crippen LogP contribution in [0.3, 0.4) is 0 Å². The number of hydrogen-bond acceptors (Lipinski definition) is 4. The minimum Gasteiger partial charge on any atom is -0.292 e. The molecule has 0 N–H and O–H groups in total. The Morgan fingerprint density at radius 3 is 2.00 bits per heavy atom. The van der Waals surface area contributed by atoms with Crippen molar-refractivity contribution in [1.82, 2.24) is 10.0 Å². The first-order valence-electron chi connectivity index (χ1n) is 10.9. The summed E-state index contributed by atoms with van der Waals surface area (Å²) in [6.45, 7) is 0. The van der Waals surface area contributed by atoms with Crippen LogP contribution < -0.4 is 0 Å². The highest BCUT2D eigenvalue weighted by atomic mass is 35.5. The number of fused-ring (bicyclic) bond motifs is 1. The van der Waals surface area contributed by atoms with Gasteiger partial charge in [-0.05, 0) is 61.7 Å². The smallest absolute Gasteiger partial charge is 0.273 e. The summed E-state index contributed by atoms with van der Waals surface area (Å²) in [4.78, 5) is 54.3. The number of imide groups is 1. The minimum absolute atomic E-state index is 0.000214. The number of Topliss-reactive ketones (excluding diaryl/α,β-unsaturated/α-hetero) is 1. The summed E-state index contributed by atoms with van der Waals surface area (Å²) in [5.41, 5.74) is 0.325. The van der Waals surface area contributed by atoms with Crippen LogP contribution in [0.4, 0.5) is 0 Å². The van der Waals surface area contributed by atoms with E-state index in [9.17, 15) is 19.2 Å². The molecule has 6 nitrogen and oxygen atoms in total. The zero-order valence-electron chi connectivity index (χ0n) is 18.3. The van der Waals surface area contributed by atoms with Crippen LogP contribution in [0, 0.1) is 11.8 Å². The van der Waals surface area contributed by atoms with Gasteiger partial charge in [-0.3, -0.25) is 19.2 Å². The molecule has 1 fully saturated rings. The van der Waals surface area contributed by atoms with Gasteiger partial charge in [0.1, 0.15) is 6.04 Å². The molecule has 3 amide bonds. The molecular formula is C25H20Cl4N2O4. The highest BCUT2D eigenvalue weighted by Crippen LogP contribution is 2.37. The number of hydrazine groups is 1. The van der Waals surface area contributed by atoms with Crippen LogP contribution in [0.1, 0.15) is 40.0 Å². The van der Waals surface area contributed by atoms with Crippen LogP contribution in [-0.2, 0) is 9.59 Å². The third-order valence-electron chi connectivity index (χ3n) is 6.18. The van der Waals surface area contributed by atoms with Gasteiger partial charge in [-0.1, -0.05) is 47.0 Å². The standard InChI is InChI=1S/C25H20Cl4N2O4/c26-12-11-21(22(32)14-5-8-16(27)9-6-14)30(23(33)15-7-10-19(28)20(29)13-15)31-24(34)17-3-1-2-4-18(17)25(31)35/h1-2,5-10,13,17-18,21H,3-4,11-12H2/t17-,18+,21-/m0/s1. The molecule has 4 rings (SSSR count). The van der Waals surface area contributed by atoms with Crippen molar-refractivity contribution < 1.29 is 19.2 Å². The van der Waals surface area contributed by atoms with Crippen LogP contribution in [0.2, 0.25) is 15.1 Å². The van der Waals surface area contributed by atoms with Crippen LogP contribution >= 0.6 is 46.4 Å². The molecule has 2 aromatic rings. The van der Waals surface area contributed by atoms with E-state index < -0.39 is 41.4 Å². The second-order valence-electron chi connectivity index (χ2n) is 8.29. The molecule has 0 radical (unpaired) electrons. The van der Waals surface area contributed by atoms with E-state index in [0.29, 0.717) is 17.9 Å². The van der Waals surface area contributed by atoms with Gasteiger partial charge >= 0.3 is 0 Å². The van der Waals surface area contributed by atoms with E-state index in [1.807, 2.05) is 12.2 Å². The summed E-state index contributed by atoms with van der Waals surface area (Å²) in [7, 11) is 0. The second-order valence-corrected chi connectivity index (χ2v) is 9.92. The Labute approximate surface area is 222 Å². The number of benzene rings is 2. The van der Waals surface area contributed by atoms with Crippen molar-refractivity contribution in [2.75, 3.05) is 5.88 Å². The van der Waals surface area contributed by atoms with Gasteiger partial charge in [0, 0.05) is 22.0 Å². The van der Waals surface area contributed by atoms with E-state index in [-0.39, 0.29) is 33.5 Å². The lowest BCUT2D eigenvalue weighted by molar-refractivity contribution is -0.156. The van der Waals surface area contributed by atoms with E-state index in [0.717, 1.165) is 10.0 Å². The van der Waals surface area contributed by atoms with E-state index in [1.54, 1.807) is 12.1 Å². The van der Waals surface area contributed by atoms with Gasteiger partial charge in [0.15, 0.2) is 5.78 Å². The number of hydrogen-bond donors (Lipinski definition) is 0. The molecular weight excluding hydrogens is 534 g/mol. The average Bonchev–Trinajstić information content (AvgIpc) is 3.10. The van der Waals surface area contributed by atoms with Gasteiger partial charge in [-0.25, -0.2) is 5.01 Å². The summed E-state index contributed by atoms with van der Waals surface area (Å²) in [5.74, 6) is -3.47. The molecule has 0 unspecified atom stereocenters. The monoisotopic (exact) mass is 552 g/mol. The molecule has 0 aromatic heterocycles. The maximum absolute atomic E-state index is 13.8. The molecule has 1 aliphatic carbocycles. The van der Waals surface area contributed by atoms with Gasteiger partial charge in [0.05, 0.1) is 21.9 Å². The Morgan fingerprint density at radius 2 is 1.46 bits per heavy atom. The third-order valence-corrected chi connectivity index (χ3v) is 7.39. The van der Waals surface area contributed by atoms with Gasteiger partial charge in [0.2, 0.25) is 0 Å². The van der Waals surface area contributed by atoms with Crippen molar-refractivity contribution >= 4 is 69.9 Å². The maximum Gasteiger partial charge on any atom is 0.273 e. The number of carbonyl (C=O) groups excluding carboxylic acids is 4. The number of alkyl halides is 1. The Kier molecular flexibility index (Phi) is 7.86. The fourth-order valence-corrected chi connectivity index (χ4v) is 5.03. The molecule has 0 saturated carbocycles. The van der Waals surface area contributed by atoms with E-state index in [1.165, 1.54) is 30.3 Å². The summed E-state index contributed by atoms with van der Waals surface area (Å²) in [6.07, 6.45) is 4.45. The van der Waals surface area contributed by atoms with Gasteiger partial charge in [-0.2, -0.15) is 5.01 Å². The van der Waals surface area contributed by atoms with Crippen LogP contribution in [0.5, 0.6) is 0 Å². The first kappa shape index (κ1) is 25.7. The molecule has 2 aliphatic rings. The predicted molar refractivity (Wildman–Crippen MR) is 135 cm³/mol. The Balaban J connectivity index is 1.82. The molecule has 0 spiro atoms. The Bertz CT molecular complexity index is 1190. The van der Waals surface area contributed by atoms with Crippen molar-refractivity contribution in [3.63, 3.8) is 0 Å². The fourth-order valence-electron chi connectivity index (χ4n) is 4.40. The highest BCUT2D eigenvalue weighted by Gasteiger charge is 2.53. The Morgan fingerprint density at radius 1 is 0.886 bits per heavy atom. The molecule has 0 bridgehead atoms. The summed E-state index contributed by atoms with van der Waals surface area (Å²) in [6, 6.07) is 9.10. The minimum atomic E-state index is -1.23. The molecule has 1 saturated heterocycles. The summed E-state index contributed by atoms with van der Waals surface area (Å²) < 4.78 is 0. The second kappa shape index (κ2) is 10.7. The topological polar surface area (TPSA) is 74.8 Å². The summed E-state index contributed by atoms with van der Waals surface area (Å²) >= 11 is 24.2. The largest absolute Gasteiger partial charge is 0.292 e. The normalized spacial score (nSPS) is 20.1. The number of rotatable bonds is 7. The lowest BCUT2D eigenvalue weighted by Crippen LogP contribution is -2.57. The van der Waals surface area contributed by atoms with Gasteiger partial charge < -0.3 is 0 Å². The fraction of sp³-hybridized carbons (Fsp3) is 0.280. The van der Waals surface area contributed by atoms with Crippen molar-refractivity contribution in [1.29, 1.82) is 0 Å². The highest BCUT2D eigenvalue weighted by molar-refractivity contribution is 6.42. The molecule has 182 valence electrons. The van der Waals surface area contributed by atoms with Crippen molar-refractivity contribution in [3.05, 3.63) is 80.8 Å². The molecule has 35 heavy (non-hydrogen) atoms. The number of nitrogens with zero attached hydrogens (tertiary/aromatic N) is 2. The van der Waals surface area contributed by atoms with Crippen LogP contribution in [-0.4, -0.2) is 45.4 Å². The van der Waals surface area contributed by atoms with E-state index >= 15 is 0 Å². The quantitative estimate of drug-likeness (QED) is 0.187. The zero-order valence-corrected chi connectivity index (χ0v) is 21.3. The van der Waals surface area contributed by atoms with Crippen molar-refractivity contribution in [2.45, 2.75) is 25.3 Å². The SMILES string of the molecule is O=C(c1ccc(Cl)cc1)[C@H](CCCl)N(C(=O)c1ccc(Cl)c(Cl)c1)N1C(=O)[C@H]2CC=CC[C@H]2C1=O. The van der Waals surface area contributed by atoms with Crippen molar-refractivity contribution in [3.8, 4) is 0 Å². The predicted octanol–water partition coefficient (Wildman–Crippen LogP) is 5.84. The molecule has 1 aliphatic heterocycles.